The van der Waals surface area contributed by atoms with Crippen molar-refractivity contribution in [2.75, 3.05) is 0 Å². The minimum absolute atomic E-state index is 0.960. The molecule has 0 bridgehead atoms. The third kappa shape index (κ3) is 10.9. The van der Waals surface area contributed by atoms with E-state index in [9.17, 15) is 0 Å². The Balaban J connectivity index is 0.0000000992. The summed E-state index contributed by atoms with van der Waals surface area (Å²) in [6, 6.07) is 130. The number of allylic oxidation sites excluding steroid dienone is 6. The maximum atomic E-state index is 2.54. The third-order valence-electron chi connectivity index (χ3n) is 31.2. The largest absolute Gasteiger partial charge is 0.0795 e. The van der Waals surface area contributed by atoms with Crippen molar-refractivity contribution in [2.45, 2.75) is 67.2 Å². The first kappa shape index (κ1) is 75.7. The van der Waals surface area contributed by atoms with E-state index in [0.29, 0.717) is 0 Å². The molecule has 0 nitrogen and oxygen atoms in total. The van der Waals surface area contributed by atoms with Crippen LogP contribution in [-0.4, -0.2) is 0 Å². The molecule has 23 aromatic carbocycles. The fourth-order valence-corrected chi connectivity index (χ4v) is 26.0. The van der Waals surface area contributed by atoms with Gasteiger partial charge in [0, 0.05) is 0 Å². The molecule has 8 aliphatic carbocycles. The van der Waals surface area contributed by atoms with Crippen LogP contribution in [0.5, 0.6) is 0 Å². The zero-order chi connectivity index (χ0) is 88.5. The van der Waals surface area contributed by atoms with Crippen LogP contribution in [-0.2, 0) is 12.8 Å². The van der Waals surface area contributed by atoms with Crippen molar-refractivity contribution in [1.82, 2.24) is 0 Å². The van der Waals surface area contributed by atoms with E-state index in [4.69, 9.17) is 0 Å². The van der Waals surface area contributed by atoms with Gasteiger partial charge in [0.2, 0.25) is 0 Å². The molecule has 0 saturated carbocycles. The lowest BCUT2D eigenvalue weighted by molar-refractivity contribution is 1.24. The fourth-order valence-electron chi connectivity index (χ4n) is 26.0. The van der Waals surface area contributed by atoms with Crippen molar-refractivity contribution in [3.8, 4) is 145 Å². The summed E-state index contributed by atoms with van der Waals surface area (Å²) in [5, 5.41) is 29.8. The van der Waals surface area contributed by atoms with Gasteiger partial charge in [0.1, 0.15) is 0 Å². The summed E-state index contributed by atoms with van der Waals surface area (Å²) in [5.41, 5.74) is 54.3. The highest BCUT2D eigenvalue weighted by molar-refractivity contribution is 6.32. The molecule has 0 unspecified atom stereocenters. The SMILES string of the molecule is Cc1cc2c3c(cc(C)cc3c1)-c1cc3c(-c4ccccc4)c4cc5cc6c(cc5cc4c(-c4ccccc4)c3cc1-2)-c1cccc2cccc-6c12.Cc1cc2c3c(cc(C)cc3c1)-c1cc3c(cc1-2)c(-c1ccccc1)c1c2c4c(c(-c5ccccc5)cc23)C=CCC4=CC1.Cc1cc2c3c(cc(C)cc3c1)-c1cc3c(cc1-2)c(-c1ccccc1)c1c2c4c(ccc23)C=CCC4=CC1. The molecule has 0 amide bonds. The molecule has 134 heavy (non-hydrogen) atoms. The van der Waals surface area contributed by atoms with Gasteiger partial charge in [-0.1, -0.05) is 309 Å². The molecule has 0 N–H and O–H groups in total. The highest BCUT2D eigenvalue weighted by atomic mass is 14.4. The van der Waals surface area contributed by atoms with Crippen LogP contribution in [0.25, 0.3) is 286 Å². The average molecular weight is 1700 g/mol. The lowest BCUT2D eigenvalue weighted by Gasteiger charge is -2.29. The molecule has 0 saturated heterocycles. The average Bonchev–Trinajstić information content (AvgIpc) is 1.29. The lowest BCUT2D eigenvalue weighted by Crippen LogP contribution is -2.07. The quantitative estimate of drug-likeness (QED) is 0.119. The van der Waals surface area contributed by atoms with Crippen LogP contribution in [0, 0.1) is 41.5 Å². The second-order valence-corrected chi connectivity index (χ2v) is 39.3. The van der Waals surface area contributed by atoms with Gasteiger partial charge in [0.05, 0.1) is 0 Å². The van der Waals surface area contributed by atoms with E-state index in [1.165, 1.54) is 341 Å². The molecule has 0 atom stereocenters. The van der Waals surface area contributed by atoms with Crippen LogP contribution >= 0.6 is 0 Å². The highest BCUT2D eigenvalue weighted by Gasteiger charge is 2.35. The molecule has 0 fully saturated rings. The Morgan fingerprint density at radius 1 is 0.172 bits per heavy atom. The van der Waals surface area contributed by atoms with Gasteiger partial charge in [-0.15, -0.1) is 0 Å². The molecule has 8 aliphatic rings. The number of fused-ring (bicyclic) bond motifs is 19. The highest BCUT2D eigenvalue weighted by Crippen LogP contribution is 2.61. The molecule has 0 spiro atoms. The Labute approximate surface area is 778 Å². The number of hydrogen-bond acceptors (Lipinski definition) is 0. The Morgan fingerprint density at radius 2 is 0.493 bits per heavy atom. The Bertz CT molecular complexity index is 9320. The van der Waals surface area contributed by atoms with Crippen molar-refractivity contribution in [1.29, 1.82) is 0 Å². The predicted molar refractivity (Wildman–Crippen MR) is 576 cm³/mol. The topological polar surface area (TPSA) is 0 Å². The van der Waals surface area contributed by atoms with Crippen molar-refractivity contribution in [3.63, 3.8) is 0 Å². The number of rotatable bonds is 5. The molecule has 0 heterocycles. The van der Waals surface area contributed by atoms with Crippen LogP contribution < -0.4 is 0 Å². The number of aryl methyl sites for hydroxylation is 6. The fraction of sp³-hybridized carbons (Fsp3) is 0.0746. The van der Waals surface area contributed by atoms with Gasteiger partial charge in [0.25, 0.3) is 0 Å². The van der Waals surface area contributed by atoms with Crippen molar-refractivity contribution >= 4 is 142 Å². The summed E-state index contributed by atoms with van der Waals surface area (Å²) >= 11 is 0. The molecule has 0 aromatic heterocycles. The van der Waals surface area contributed by atoms with Gasteiger partial charge >= 0.3 is 0 Å². The number of benzene rings is 23. The summed E-state index contributed by atoms with van der Waals surface area (Å²) < 4.78 is 0. The maximum absolute atomic E-state index is 2.54. The Morgan fingerprint density at radius 3 is 0.903 bits per heavy atom. The summed E-state index contributed by atoms with van der Waals surface area (Å²) in [5.74, 6) is 0. The molecule has 0 radical (unpaired) electrons. The van der Waals surface area contributed by atoms with Crippen LogP contribution in [0.1, 0.15) is 79.6 Å². The monoisotopic (exact) mass is 1700 g/mol. The second kappa shape index (κ2) is 28.2. The Hall–Kier alpha value is -16.1. The van der Waals surface area contributed by atoms with E-state index < -0.39 is 0 Å². The van der Waals surface area contributed by atoms with Gasteiger partial charge in [-0.25, -0.2) is 0 Å². The van der Waals surface area contributed by atoms with Gasteiger partial charge in [0.15, 0.2) is 0 Å². The van der Waals surface area contributed by atoms with Crippen LogP contribution in [0.3, 0.4) is 0 Å². The molecular formula is C134H88. The summed E-state index contributed by atoms with van der Waals surface area (Å²) in [4.78, 5) is 0. The molecule has 0 aliphatic heterocycles. The summed E-state index contributed by atoms with van der Waals surface area (Å²) in [7, 11) is 0. The summed E-state index contributed by atoms with van der Waals surface area (Å²) in [6.07, 6.45) is 18.3. The molecule has 31 rings (SSSR count). The zero-order valence-electron chi connectivity index (χ0n) is 75.6. The molecule has 0 heteroatoms. The minimum Gasteiger partial charge on any atom is -0.0795 e. The minimum atomic E-state index is 0.960. The lowest BCUT2D eigenvalue weighted by atomic mass is 9.74. The first-order valence-electron chi connectivity index (χ1n) is 47.8. The van der Waals surface area contributed by atoms with E-state index in [0.717, 1.165) is 25.7 Å². The van der Waals surface area contributed by atoms with Crippen molar-refractivity contribution in [2.24, 2.45) is 0 Å². The van der Waals surface area contributed by atoms with E-state index in [2.05, 4.69) is 418 Å². The van der Waals surface area contributed by atoms with Crippen LogP contribution in [0.2, 0.25) is 0 Å². The molecule has 23 aromatic rings. The van der Waals surface area contributed by atoms with Gasteiger partial charge < -0.3 is 0 Å². The van der Waals surface area contributed by atoms with E-state index in [1.807, 2.05) is 0 Å². The Kier molecular flexibility index (Phi) is 15.9. The molecule has 624 valence electrons. The predicted octanol–water partition coefficient (Wildman–Crippen LogP) is 37.2. The zero-order valence-corrected chi connectivity index (χ0v) is 75.6. The first-order valence-corrected chi connectivity index (χ1v) is 47.8. The smallest absolute Gasteiger partial charge is 0.00259 e. The van der Waals surface area contributed by atoms with Crippen molar-refractivity contribution in [3.05, 3.63) is 431 Å². The molecular weight excluding hydrogens is 1610 g/mol. The van der Waals surface area contributed by atoms with E-state index in [-0.39, 0.29) is 0 Å². The van der Waals surface area contributed by atoms with Gasteiger partial charge in [-0.3, -0.25) is 0 Å². The van der Waals surface area contributed by atoms with Crippen LogP contribution in [0.4, 0.5) is 0 Å². The van der Waals surface area contributed by atoms with Gasteiger partial charge in [-0.05, 0) is 475 Å². The maximum Gasteiger partial charge on any atom is -0.00259 e. The van der Waals surface area contributed by atoms with E-state index in [1.54, 1.807) is 0 Å². The standard InChI is InChI=1S/C52H32.C44H30.C38H26/c1-29-19-36-20-30(2)22-44-42-28-48-47(27-41(42)43(21-29)52(36)44)50(31-11-5-3-6-12-31)45-25-34-23-39-37-17-9-15-33-16-10-18-38(49(33)37)40(39)24-35(34)26-46(45)51(48)32-13-7-4-8-14-32;1-25-18-30-19-26(2)21-38-35-24-39-36(23-34(35)37(20-25)42(30)38)40-22-33(27-10-5-3-6-11-27)31-15-9-14-29-16-17-32(44(40)43(29)31)41(39)28-12-7-4-8-13-28;1-21-15-26-16-22(2)18-33-31-20-34-29(19-30(31)32(17-21)37(26)33)27-13-11-24-9-6-10-25-12-14-28(38(27)35(24)25)36(34)23-7-4-3-5-8-23/h3-28H,1-2H3;3-13,15-16,18-24H,14,17H2,1-2H3;3-9,11-13,15-20H,10,14H2,1-2H3. The number of hydrogen-bond donors (Lipinski definition) is 0. The summed E-state index contributed by atoms with van der Waals surface area (Å²) in [6.45, 7) is 13.4. The first-order chi connectivity index (χ1) is 65.9. The third-order valence-corrected chi connectivity index (χ3v) is 31.2. The van der Waals surface area contributed by atoms with Gasteiger partial charge in [-0.2, -0.15) is 0 Å². The normalized spacial score (nSPS) is 13.5. The van der Waals surface area contributed by atoms with Crippen molar-refractivity contribution < 1.29 is 0 Å². The van der Waals surface area contributed by atoms with Crippen LogP contribution in [0.15, 0.2) is 364 Å². The second-order valence-electron chi connectivity index (χ2n) is 39.3. The van der Waals surface area contributed by atoms with E-state index >= 15 is 0 Å².